The third-order valence-corrected chi connectivity index (χ3v) is 4.55. The monoisotopic (exact) mass is 264 g/mol. The van der Waals surface area contributed by atoms with E-state index in [9.17, 15) is 0 Å². The summed E-state index contributed by atoms with van der Waals surface area (Å²) in [5.74, 6) is 0. The molecule has 0 spiro atoms. The Morgan fingerprint density at radius 1 is 1.17 bits per heavy atom. The molecule has 0 bridgehead atoms. The van der Waals surface area contributed by atoms with Crippen LogP contribution < -0.4 is 4.90 Å². The van der Waals surface area contributed by atoms with Gasteiger partial charge in [-0.05, 0) is 50.4 Å². The van der Waals surface area contributed by atoms with Gasteiger partial charge in [0.1, 0.15) is 0 Å². The Kier molecular flexibility index (Phi) is 3.49. The summed E-state index contributed by atoms with van der Waals surface area (Å²) in [5, 5.41) is 0.850. The van der Waals surface area contributed by atoms with Crippen LogP contribution in [0.4, 0.5) is 5.69 Å². The van der Waals surface area contributed by atoms with E-state index in [1.807, 2.05) is 6.07 Å². The summed E-state index contributed by atoms with van der Waals surface area (Å²) in [6, 6.07) is 7.00. The number of rotatable bonds is 1. The first-order valence-electron chi connectivity index (χ1n) is 6.99. The highest BCUT2D eigenvalue weighted by Crippen LogP contribution is 2.29. The first-order chi connectivity index (χ1) is 8.74. The highest BCUT2D eigenvalue weighted by molar-refractivity contribution is 6.30. The van der Waals surface area contributed by atoms with Crippen molar-refractivity contribution in [3.8, 4) is 0 Å². The average molecular weight is 265 g/mol. The molecule has 0 amide bonds. The summed E-state index contributed by atoms with van der Waals surface area (Å²) in [6.45, 7) is 7.08. The normalized spacial score (nSPS) is 25.0. The molecule has 2 fully saturated rings. The highest BCUT2D eigenvalue weighted by atomic mass is 35.5. The maximum atomic E-state index is 6.15. The topological polar surface area (TPSA) is 6.48 Å². The second-order valence-electron chi connectivity index (χ2n) is 5.56. The van der Waals surface area contributed by atoms with Crippen molar-refractivity contribution in [2.24, 2.45) is 0 Å². The number of fused-ring (bicyclic) bond motifs is 1. The third kappa shape index (κ3) is 2.36. The van der Waals surface area contributed by atoms with E-state index in [1.165, 1.54) is 50.1 Å². The lowest BCUT2D eigenvalue weighted by Crippen LogP contribution is -2.36. The van der Waals surface area contributed by atoms with Crippen molar-refractivity contribution in [2.75, 3.05) is 31.1 Å². The Balaban J connectivity index is 1.84. The molecule has 0 saturated carbocycles. The number of benzene rings is 1. The zero-order valence-corrected chi connectivity index (χ0v) is 11.8. The SMILES string of the molecule is Cc1ccc(Cl)cc1N1CCCN2CCCC2C1. The Morgan fingerprint density at radius 2 is 2.00 bits per heavy atom. The standard InChI is InChI=1S/C15H21ClN2/c1-12-5-6-13(16)10-15(12)18-9-3-8-17-7-2-4-14(17)11-18/h5-6,10,14H,2-4,7-9,11H2,1H3. The Morgan fingerprint density at radius 3 is 2.89 bits per heavy atom. The minimum absolute atomic E-state index is 0.755. The van der Waals surface area contributed by atoms with Crippen LogP contribution in [-0.4, -0.2) is 37.1 Å². The number of aryl methyl sites for hydroxylation is 1. The number of anilines is 1. The van der Waals surface area contributed by atoms with Gasteiger partial charge in [-0.1, -0.05) is 17.7 Å². The molecule has 0 radical (unpaired) electrons. The zero-order chi connectivity index (χ0) is 12.5. The minimum Gasteiger partial charge on any atom is -0.370 e. The van der Waals surface area contributed by atoms with Gasteiger partial charge in [-0.25, -0.2) is 0 Å². The summed E-state index contributed by atoms with van der Waals surface area (Å²) >= 11 is 6.15. The summed E-state index contributed by atoms with van der Waals surface area (Å²) in [4.78, 5) is 5.21. The van der Waals surface area contributed by atoms with Gasteiger partial charge in [0.15, 0.2) is 0 Å². The van der Waals surface area contributed by atoms with E-state index in [4.69, 9.17) is 11.6 Å². The third-order valence-electron chi connectivity index (χ3n) is 4.32. The van der Waals surface area contributed by atoms with Crippen LogP contribution in [0.1, 0.15) is 24.8 Å². The van der Waals surface area contributed by atoms with E-state index >= 15 is 0 Å². The lowest BCUT2D eigenvalue weighted by molar-refractivity contribution is 0.273. The van der Waals surface area contributed by atoms with Gasteiger partial charge in [-0.15, -0.1) is 0 Å². The fourth-order valence-electron chi connectivity index (χ4n) is 3.35. The van der Waals surface area contributed by atoms with Gasteiger partial charge in [0.25, 0.3) is 0 Å². The molecule has 18 heavy (non-hydrogen) atoms. The Labute approximate surface area is 115 Å². The van der Waals surface area contributed by atoms with E-state index < -0.39 is 0 Å². The Bertz CT molecular complexity index is 433. The zero-order valence-electron chi connectivity index (χ0n) is 11.0. The molecule has 3 rings (SSSR count). The average Bonchev–Trinajstić information content (AvgIpc) is 2.70. The molecule has 98 valence electrons. The predicted molar refractivity (Wildman–Crippen MR) is 77.6 cm³/mol. The van der Waals surface area contributed by atoms with Crippen LogP contribution in [0, 0.1) is 6.92 Å². The van der Waals surface area contributed by atoms with Crippen molar-refractivity contribution < 1.29 is 0 Å². The quantitative estimate of drug-likeness (QED) is 0.768. The first kappa shape index (κ1) is 12.3. The molecule has 0 N–H and O–H groups in total. The van der Waals surface area contributed by atoms with Crippen LogP contribution in [0.25, 0.3) is 0 Å². The number of nitrogens with zero attached hydrogens (tertiary/aromatic N) is 2. The smallest absolute Gasteiger partial charge is 0.0426 e. The van der Waals surface area contributed by atoms with Gasteiger partial charge < -0.3 is 4.90 Å². The molecule has 1 aromatic rings. The fourth-order valence-corrected chi connectivity index (χ4v) is 3.52. The molecule has 2 aliphatic rings. The molecule has 0 aliphatic carbocycles. The van der Waals surface area contributed by atoms with Gasteiger partial charge in [0.05, 0.1) is 0 Å². The molecule has 1 unspecified atom stereocenters. The number of halogens is 1. The lowest BCUT2D eigenvalue weighted by Gasteiger charge is -2.28. The highest BCUT2D eigenvalue weighted by Gasteiger charge is 2.29. The molecule has 1 aromatic carbocycles. The summed E-state index contributed by atoms with van der Waals surface area (Å²) in [5.41, 5.74) is 2.67. The van der Waals surface area contributed by atoms with Gasteiger partial charge >= 0.3 is 0 Å². The van der Waals surface area contributed by atoms with Gasteiger partial charge in [-0.2, -0.15) is 0 Å². The van der Waals surface area contributed by atoms with Crippen LogP contribution >= 0.6 is 11.6 Å². The Hall–Kier alpha value is -0.730. The van der Waals surface area contributed by atoms with Gasteiger partial charge in [0, 0.05) is 36.4 Å². The van der Waals surface area contributed by atoms with Crippen molar-refractivity contribution in [1.29, 1.82) is 0 Å². The van der Waals surface area contributed by atoms with Crippen molar-refractivity contribution in [3.63, 3.8) is 0 Å². The number of hydrogen-bond donors (Lipinski definition) is 0. The first-order valence-corrected chi connectivity index (χ1v) is 7.37. The lowest BCUT2D eigenvalue weighted by atomic mass is 10.1. The maximum absolute atomic E-state index is 6.15. The molecule has 2 nitrogen and oxygen atoms in total. The van der Waals surface area contributed by atoms with Crippen molar-refractivity contribution >= 4 is 17.3 Å². The van der Waals surface area contributed by atoms with E-state index in [1.54, 1.807) is 0 Å². The number of hydrogen-bond acceptors (Lipinski definition) is 2. The molecule has 1 atom stereocenters. The summed E-state index contributed by atoms with van der Waals surface area (Å²) < 4.78 is 0. The van der Waals surface area contributed by atoms with E-state index in [-0.39, 0.29) is 0 Å². The predicted octanol–water partition coefficient (Wildman–Crippen LogP) is 3.32. The molecule has 2 saturated heterocycles. The van der Waals surface area contributed by atoms with Crippen LogP contribution in [0.3, 0.4) is 0 Å². The van der Waals surface area contributed by atoms with E-state index in [2.05, 4.69) is 28.9 Å². The molecule has 2 aliphatic heterocycles. The van der Waals surface area contributed by atoms with Crippen molar-refractivity contribution in [1.82, 2.24) is 4.90 Å². The van der Waals surface area contributed by atoms with E-state index in [0.717, 1.165) is 17.6 Å². The summed E-state index contributed by atoms with van der Waals surface area (Å²) in [7, 11) is 0. The molecule has 2 heterocycles. The van der Waals surface area contributed by atoms with E-state index in [0.29, 0.717) is 0 Å². The van der Waals surface area contributed by atoms with Crippen LogP contribution in [0.15, 0.2) is 18.2 Å². The van der Waals surface area contributed by atoms with Crippen LogP contribution in [-0.2, 0) is 0 Å². The van der Waals surface area contributed by atoms with Crippen LogP contribution in [0.5, 0.6) is 0 Å². The molecule has 0 aromatic heterocycles. The van der Waals surface area contributed by atoms with Gasteiger partial charge in [-0.3, -0.25) is 4.90 Å². The minimum atomic E-state index is 0.755. The molecule has 3 heteroatoms. The van der Waals surface area contributed by atoms with Crippen molar-refractivity contribution in [2.45, 2.75) is 32.2 Å². The largest absolute Gasteiger partial charge is 0.370 e. The van der Waals surface area contributed by atoms with Crippen LogP contribution in [0.2, 0.25) is 5.02 Å². The fraction of sp³-hybridized carbons (Fsp3) is 0.600. The maximum Gasteiger partial charge on any atom is 0.0426 e. The summed E-state index contributed by atoms with van der Waals surface area (Å²) in [6.07, 6.45) is 3.99. The second kappa shape index (κ2) is 5.10. The second-order valence-corrected chi connectivity index (χ2v) is 6.00. The van der Waals surface area contributed by atoms with Gasteiger partial charge in [0.2, 0.25) is 0 Å². The van der Waals surface area contributed by atoms with Crippen molar-refractivity contribution in [3.05, 3.63) is 28.8 Å². The molecular weight excluding hydrogens is 244 g/mol. The molecular formula is C15H21ClN2.